The van der Waals surface area contributed by atoms with Gasteiger partial charge in [-0.05, 0) is 48.6 Å². The quantitative estimate of drug-likeness (QED) is 0.796. The number of piperidine rings is 1. The Morgan fingerprint density at radius 2 is 1.72 bits per heavy atom. The average molecular weight is 416 g/mol. The second-order valence-corrected chi connectivity index (χ2v) is 7.86. The van der Waals surface area contributed by atoms with E-state index in [0.29, 0.717) is 37.3 Å². The van der Waals surface area contributed by atoms with E-state index in [4.69, 9.17) is 16.7 Å². The molecule has 2 fully saturated rings. The molecule has 1 aromatic carbocycles. The predicted molar refractivity (Wildman–Crippen MR) is 109 cm³/mol. The summed E-state index contributed by atoms with van der Waals surface area (Å²) in [5, 5.41) is 20.2. The number of aromatic nitrogens is 2. The van der Waals surface area contributed by atoms with E-state index < -0.39 is 6.09 Å². The highest BCUT2D eigenvalue weighted by atomic mass is 35.5. The van der Waals surface area contributed by atoms with Crippen molar-refractivity contribution in [3.05, 3.63) is 47.1 Å². The number of amides is 2. The molecule has 2 aliphatic rings. The SMILES string of the molecule is O=C(Nc1ccc(C2CCN(C(=O)O)CC2)cc1)C1CN(c2ccc(Cl)nn2)C1. The van der Waals surface area contributed by atoms with Crippen molar-refractivity contribution in [2.45, 2.75) is 18.8 Å². The van der Waals surface area contributed by atoms with Crippen LogP contribution in [0.1, 0.15) is 24.3 Å². The Morgan fingerprint density at radius 1 is 1.03 bits per heavy atom. The largest absolute Gasteiger partial charge is 0.465 e. The topological polar surface area (TPSA) is 98.7 Å². The Morgan fingerprint density at radius 3 is 2.31 bits per heavy atom. The Hall–Kier alpha value is -2.87. The monoisotopic (exact) mass is 415 g/mol. The number of rotatable bonds is 4. The van der Waals surface area contributed by atoms with E-state index in [1.165, 1.54) is 10.5 Å². The molecule has 0 bridgehead atoms. The van der Waals surface area contributed by atoms with Gasteiger partial charge < -0.3 is 20.2 Å². The summed E-state index contributed by atoms with van der Waals surface area (Å²) in [4.78, 5) is 26.9. The van der Waals surface area contributed by atoms with Gasteiger partial charge in [0.25, 0.3) is 0 Å². The van der Waals surface area contributed by atoms with Gasteiger partial charge in [0.2, 0.25) is 5.91 Å². The lowest BCUT2D eigenvalue weighted by Crippen LogP contribution is -2.52. The molecule has 0 atom stereocenters. The summed E-state index contributed by atoms with van der Waals surface area (Å²) in [6.07, 6.45) is 0.798. The van der Waals surface area contributed by atoms with Crippen LogP contribution in [0.3, 0.4) is 0 Å². The van der Waals surface area contributed by atoms with Crippen molar-refractivity contribution in [3.63, 3.8) is 0 Å². The molecule has 2 aromatic rings. The number of carbonyl (C=O) groups is 2. The minimum atomic E-state index is -0.848. The van der Waals surface area contributed by atoms with Gasteiger partial charge in [-0.3, -0.25) is 4.79 Å². The number of nitrogens with one attached hydrogen (secondary N) is 1. The van der Waals surface area contributed by atoms with Gasteiger partial charge in [-0.15, -0.1) is 10.2 Å². The zero-order chi connectivity index (χ0) is 20.4. The molecule has 0 spiro atoms. The normalized spacial score (nSPS) is 17.7. The van der Waals surface area contributed by atoms with E-state index in [9.17, 15) is 9.59 Å². The number of likely N-dealkylation sites (tertiary alicyclic amines) is 1. The van der Waals surface area contributed by atoms with Gasteiger partial charge >= 0.3 is 6.09 Å². The van der Waals surface area contributed by atoms with Crippen molar-refractivity contribution in [1.82, 2.24) is 15.1 Å². The van der Waals surface area contributed by atoms with Crippen molar-refractivity contribution >= 4 is 35.1 Å². The zero-order valence-corrected chi connectivity index (χ0v) is 16.5. The third-order valence-corrected chi connectivity index (χ3v) is 5.81. The molecule has 152 valence electrons. The number of nitrogens with zero attached hydrogens (tertiary/aromatic N) is 4. The number of anilines is 2. The smallest absolute Gasteiger partial charge is 0.407 e. The lowest BCUT2D eigenvalue weighted by Gasteiger charge is -2.38. The van der Waals surface area contributed by atoms with Crippen molar-refractivity contribution in [3.8, 4) is 0 Å². The van der Waals surface area contributed by atoms with E-state index in [0.717, 1.165) is 24.3 Å². The van der Waals surface area contributed by atoms with Crippen molar-refractivity contribution in [2.75, 3.05) is 36.4 Å². The van der Waals surface area contributed by atoms with E-state index >= 15 is 0 Å². The summed E-state index contributed by atoms with van der Waals surface area (Å²) in [5.74, 6) is 0.978. The molecular weight excluding hydrogens is 394 g/mol. The first-order chi connectivity index (χ1) is 14.0. The first kappa shape index (κ1) is 19.4. The van der Waals surface area contributed by atoms with Crippen molar-refractivity contribution in [2.24, 2.45) is 5.92 Å². The van der Waals surface area contributed by atoms with Crippen LogP contribution in [0.5, 0.6) is 0 Å². The molecule has 2 aliphatic heterocycles. The van der Waals surface area contributed by atoms with E-state index in [1.54, 1.807) is 12.1 Å². The van der Waals surface area contributed by atoms with Gasteiger partial charge in [-0.1, -0.05) is 23.7 Å². The van der Waals surface area contributed by atoms with E-state index in [2.05, 4.69) is 15.5 Å². The zero-order valence-electron chi connectivity index (χ0n) is 15.8. The number of carboxylic acid groups (broad SMARTS) is 1. The summed E-state index contributed by atoms with van der Waals surface area (Å²) in [7, 11) is 0. The summed E-state index contributed by atoms with van der Waals surface area (Å²) in [6, 6.07) is 11.4. The highest BCUT2D eigenvalue weighted by Gasteiger charge is 2.33. The summed E-state index contributed by atoms with van der Waals surface area (Å²) >= 11 is 5.74. The van der Waals surface area contributed by atoms with E-state index in [-0.39, 0.29) is 11.8 Å². The second kappa shape index (κ2) is 8.24. The summed E-state index contributed by atoms with van der Waals surface area (Å²) < 4.78 is 0. The lowest BCUT2D eigenvalue weighted by atomic mass is 9.89. The first-order valence-corrected chi connectivity index (χ1v) is 10.0. The molecule has 0 radical (unpaired) electrons. The fourth-order valence-electron chi connectivity index (χ4n) is 3.80. The maximum Gasteiger partial charge on any atom is 0.407 e. The molecule has 0 saturated carbocycles. The maximum absolute atomic E-state index is 12.5. The minimum absolute atomic E-state index is 0.00862. The number of hydrogen-bond acceptors (Lipinski definition) is 5. The second-order valence-electron chi connectivity index (χ2n) is 7.47. The molecule has 2 amide bonds. The molecule has 2 N–H and O–H groups in total. The lowest BCUT2D eigenvalue weighted by molar-refractivity contribution is -0.120. The first-order valence-electron chi connectivity index (χ1n) is 9.62. The van der Waals surface area contributed by atoms with Gasteiger partial charge in [-0.2, -0.15) is 0 Å². The summed E-state index contributed by atoms with van der Waals surface area (Å²) in [6.45, 7) is 2.33. The van der Waals surface area contributed by atoms with Gasteiger partial charge in [0.1, 0.15) is 0 Å². The van der Waals surface area contributed by atoms with Crippen LogP contribution in [0.4, 0.5) is 16.3 Å². The highest BCUT2D eigenvalue weighted by Crippen LogP contribution is 2.29. The molecule has 2 saturated heterocycles. The van der Waals surface area contributed by atoms with Crippen LogP contribution < -0.4 is 10.2 Å². The molecule has 0 aliphatic carbocycles. The molecule has 8 nitrogen and oxygen atoms in total. The highest BCUT2D eigenvalue weighted by molar-refractivity contribution is 6.29. The van der Waals surface area contributed by atoms with Crippen LogP contribution in [0.2, 0.25) is 5.15 Å². The van der Waals surface area contributed by atoms with Crippen molar-refractivity contribution in [1.29, 1.82) is 0 Å². The van der Waals surface area contributed by atoms with Crippen LogP contribution >= 0.6 is 11.6 Å². The Kier molecular flexibility index (Phi) is 5.53. The molecular formula is C20H22ClN5O3. The van der Waals surface area contributed by atoms with Crippen LogP contribution in [0.15, 0.2) is 36.4 Å². The predicted octanol–water partition coefficient (Wildman–Crippen LogP) is 3.06. The van der Waals surface area contributed by atoms with Crippen LogP contribution in [-0.4, -0.2) is 58.4 Å². The molecule has 3 heterocycles. The molecule has 4 rings (SSSR count). The van der Waals surface area contributed by atoms with Gasteiger partial charge in [0.15, 0.2) is 11.0 Å². The Labute approximate surface area is 173 Å². The summed E-state index contributed by atoms with van der Waals surface area (Å²) in [5.41, 5.74) is 1.95. The minimum Gasteiger partial charge on any atom is -0.465 e. The number of hydrogen-bond donors (Lipinski definition) is 2. The van der Waals surface area contributed by atoms with Gasteiger partial charge in [-0.25, -0.2) is 4.79 Å². The van der Waals surface area contributed by atoms with Crippen molar-refractivity contribution < 1.29 is 14.7 Å². The fourth-order valence-corrected chi connectivity index (χ4v) is 3.90. The van der Waals surface area contributed by atoms with Gasteiger partial charge in [0, 0.05) is 31.9 Å². The maximum atomic E-state index is 12.5. The molecule has 29 heavy (non-hydrogen) atoms. The Balaban J connectivity index is 1.27. The fraction of sp³-hybridized carbons (Fsp3) is 0.400. The van der Waals surface area contributed by atoms with Crippen LogP contribution in [0, 0.1) is 5.92 Å². The molecule has 1 aromatic heterocycles. The molecule has 0 unspecified atom stereocenters. The third kappa shape index (κ3) is 4.42. The van der Waals surface area contributed by atoms with Crippen LogP contribution in [0.25, 0.3) is 0 Å². The number of halogens is 1. The van der Waals surface area contributed by atoms with E-state index in [1.807, 2.05) is 29.2 Å². The molecule has 9 heteroatoms. The Bertz CT molecular complexity index is 876. The van der Waals surface area contributed by atoms with Crippen LogP contribution in [-0.2, 0) is 4.79 Å². The standard InChI is InChI=1S/C20H22ClN5O3/c21-17-5-6-18(24-23-17)26-11-15(12-26)19(27)22-16-3-1-13(2-4-16)14-7-9-25(10-8-14)20(28)29/h1-6,14-15H,7-12H2,(H,22,27)(H,28,29). The van der Waals surface area contributed by atoms with Gasteiger partial charge in [0.05, 0.1) is 5.92 Å². The third-order valence-electron chi connectivity index (χ3n) is 5.61. The number of benzene rings is 1. The number of carbonyl (C=O) groups excluding carboxylic acids is 1. The average Bonchev–Trinajstić information content (AvgIpc) is 2.69.